The molecule has 1 aliphatic heterocycles. The number of benzene rings is 1. The number of hydrogen-bond donors (Lipinski definition) is 2. The van der Waals surface area contributed by atoms with Crippen molar-refractivity contribution in [2.45, 2.75) is 45.3 Å². The highest BCUT2D eigenvalue weighted by Gasteiger charge is 2.24. The summed E-state index contributed by atoms with van der Waals surface area (Å²) in [7, 11) is 0. The van der Waals surface area contributed by atoms with E-state index in [2.05, 4.69) is 5.32 Å². The molecule has 3 heteroatoms. The van der Waals surface area contributed by atoms with E-state index < -0.39 is 6.10 Å². The van der Waals surface area contributed by atoms with Crippen molar-refractivity contribution in [3.63, 3.8) is 0 Å². The summed E-state index contributed by atoms with van der Waals surface area (Å²) >= 11 is 6.08. The van der Waals surface area contributed by atoms with Gasteiger partial charge in [-0.3, -0.25) is 0 Å². The lowest BCUT2D eigenvalue weighted by molar-refractivity contribution is 0.113. The zero-order chi connectivity index (χ0) is 12.4. The molecule has 0 spiro atoms. The Morgan fingerprint density at radius 2 is 2.06 bits per heavy atom. The van der Waals surface area contributed by atoms with Crippen LogP contribution in [0.1, 0.15) is 42.1 Å². The minimum atomic E-state index is -0.425. The van der Waals surface area contributed by atoms with Crippen LogP contribution in [0.4, 0.5) is 0 Å². The van der Waals surface area contributed by atoms with Gasteiger partial charge in [-0.25, -0.2) is 0 Å². The highest BCUT2D eigenvalue weighted by molar-refractivity contribution is 6.31. The quantitative estimate of drug-likeness (QED) is 0.849. The number of aliphatic hydroxyl groups is 1. The Kier molecular flexibility index (Phi) is 4.08. The van der Waals surface area contributed by atoms with E-state index in [9.17, 15) is 5.11 Å². The first-order valence-electron chi connectivity index (χ1n) is 6.27. The number of aryl methyl sites for hydroxylation is 2. The molecule has 0 aromatic heterocycles. The molecule has 0 bridgehead atoms. The molecular weight excluding hydrogens is 234 g/mol. The predicted molar refractivity (Wildman–Crippen MR) is 71.5 cm³/mol. The van der Waals surface area contributed by atoms with Crippen LogP contribution in [-0.4, -0.2) is 17.7 Å². The largest absolute Gasteiger partial charge is 0.387 e. The van der Waals surface area contributed by atoms with E-state index >= 15 is 0 Å². The van der Waals surface area contributed by atoms with Crippen molar-refractivity contribution in [1.29, 1.82) is 0 Å². The number of aliphatic hydroxyl groups excluding tert-OH is 1. The maximum absolute atomic E-state index is 10.4. The van der Waals surface area contributed by atoms with Gasteiger partial charge in [0.15, 0.2) is 0 Å². The smallest absolute Gasteiger partial charge is 0.0945 e. The second-order valence-corrected chi connectivity index (χ2v) is 5.37. The molecule has 2 atom stereocenters. The van der Waals surface area contributed by atoms with Crippen LogP contribution in [0.3, 0.4) is 0 Å². The topological polar surface area (TPSA) is 32.3 Å². The van der Waals surface area contributed by atoms with Gasteiger partial charge >= 0.3 is 0 Å². The fourth-order valence-corrected chi connectivity index (χ4v) is 2.71. The molecule has 2 rings (SSSR count). The van der Waals surface area contributed by atoms with Gasteiger partial charge in [-0.1, -0.05) is 24.1 Å². The average Bonchev–Trinajstić information content (AvgIpc) is 2.34. The summed E-state index contributed by atoms with van der Waals surface area (Å²) in [5.74, 6) is 0. The van der Waals surface area contributed by atoms with Gasteiger partial charge in [0, 0.05) is 11.1 Å². The molecule has 1 saturated heterocycles. The maximum atomic E-state index is 10.4. The van der Waals surface area contributed by atoms with Crippen molar-refractivity contribution in [3.05, 3.63) is 33.8 Å². The van der Waals surface area contributed by atoms with Gasteiger partial charge in [-0.15, -0.1) is 0 Å². The lowest BCUT2D eigenvalue weighted by Crippen LogP contribution is -2.39. The minimum Gasteiger partial charge on any atom is -0.387 e. The highest BCUT2D eigenvalue weighted by atomic mass is 35.5. The van der Waals surface area contributed by atoms with Crippen LogP contribution in [0.5, 0.6) is 0 Å². The van der Waals surface area contributed by atoms with E-state index in [-0.39, 0.29) is 6.04 Å². The van der Waals surface area contributed by atoms with Gasteiger partial charge in [-0.05, 0) is 56.0 Å². The normalized spacial score (nSPS) is 22.5. The summed E-state index contributed by atoms with van der Waals surface area (Å²) in [5, 5.41) is 14.6. The van der Waals surface area contributed by atoms with E-state index in [1.807, 2.05) is 26.0 Å². The summed E-state index contributed by atoms with van der Waals surface area (Å²) in [4.78, 5) is 0. The lowest BCUT2D eigenvalue weighted by Gasteiger charge is -2.29. The third-order valence-corrected chi connectivity index (χ3v) is 4.00. The molecule has 2 N–H and O–H groups in total. The van der Waals surface area contributed by atoms with E-state index in [4.69, 9.17) is 11.6 Å². The Balaban J connectivity index is 2.23. The first-order valence-corrected chi connectivity index (χ1v) is 6.65. The molecule has 0 amide bonds. The Labute approximate surface area is 108 Å². The summed E-state index contributed by atoms with van der Waals surface area (Å²) < 4.78 is 0. The number of halogens is 1. The van der Waals surface area contributed by atoms with Crippen molar-refractivity contribution in [2.24, 2.45) is 0 Å². The number of rotatable bonds is 2. The molecular formula is C14H20ClNO. The molecule has 17 heavy (non-hydrogen) atoms. The molecule has 1 aliphatic rings. The standard InChI is InChI=1S/C14H20ClNO/c1-9-8-12(15)10(2)7-11(9)14(17)13-5-3-4-6-16-13/h7-8,13-14,16-17H,3-6H2,1-2H3. The maximum Gasteiger partial charge on any atom is 0.0945 e. The van der Waals surface area contributed by atoms with Crippen molar-refractivity contribution in [3.8, 4) is 0 Å². The highest BCUT2D eigenvalue weighted by Crippen LogP contribution is 2.29. The van der Waals surface area contributed by atoms with E-state index in [0.29, 0.717) is 0 Å². The van der Waals surface area contributed by atoms with E-state index in [0.717, 1.165) is 34.7 Å². The number of hydrogen-bond acceptors (Lipinski definition) is 2. The number of piperidine rings is 1. The zero-order valence-electron chi connectivity index (χ0n) is 10.5. The van der Waals surface area contributed by atoms with Crippen LogP contribution in [0.15, 0.2) is 12.1 Å². The van der Waals surface area contributed by atoms with Crippen LogP contribution < -0.4 is 5.32 Å². The van der Waals surface area contributed by atoms with Crippen molar-refractivity contribution in [2.75, 3.05) is 6.54 Å². The molecule has 2 nitrogen and oxygen atoms in total. The molecule has 1 heterocycles. The second-order valence-electron chi connectivity index (χ2n) is 4.96. The summed E-state index contributed by atoms with van der Waals surface area (Å²) in [6.07, 6.45) is 3.02. The SMILES string of the molecule is Cc1cc(C(O)C2CCCCN2)c(C)cc1Cl. The van der Waals surface area contributed by atoms with Gasteiger partial charge in [-0.2, -0.15) is 0 Å². The van der Waals surface area contributed by atoms with Crippen LogP contribution in [0.2, 0.25) is 5.02 Å². The van der Waals surface area contributed by atoms with Crippen molar-refractivity contribution < 1.29 is 5.11 Å². The third-order valence-electron chi connectivity index (χ3n) is 3.60. The summed E-state index contributed by atoms with van der Waals surface area (Å²) in [5.41, 5.74) is 3.11. The van der Waals surface area contributed by atoms with Crippen LogP contribution in [0, 0.1) is 13.8 Å². The zero-order valence-corrected chi connectivity index (χ0v) is 11.2. The van der Waals surface area contributed by atoms with Crippen LogP contribution in [0.25, 0.3) is 0 Å². The number of nitrogens with one attached hydrogen (secondary N) is 1. The average molecular weight is 254 g/mol. The van der Waals surface area contributed by atoms with E-state index in [1.54, 1.807) is 0 Å². The first kappa shape index (κ1) is 12.9. The lowest BCUT2D eigenvalue weighted by atomic mass is 9.91. The molecule has 94 valence electrons. The Bertz CT molecular complexity index is 399. The van der Waals surface area contributed by atoms with Crippen LogP contribution in [-0.2, 0) is 0 Å². The Hall–Kier alpha value is -0.570. The fraction of sp³-hybridized carbons (Fsp3) is 0.571. The van der Waals surface area contributed by atoms with Gasteiger partial charge in [0.05, 0.1) is 6.10 Å². The Morgan fingerprint density at radius 1 is 1.29 bits per heavy atom. The third kappa shape index (κ3) is 2.82. The molecule has 1 aromatic carbocycles. The van der Waals surface area contributed by atoms with Gasteiger partial charge < -0.3 is 10.4 Å². The monoisotopic (exact) mass is 253 g/mol. The first-order chi connectivity index (χ1) is 8.09. The van der Waals surface area contributed by atoms with Gasteiger partial charge in [0.25, 0.3) is 0 Å². The molecule has 0 radical (unpaired) electrons. The second kappa shape index (κ2) is 5.38. The molecule has 0 saturated carbocycles. The molecule has 1 fully saturated rings. The van der Waals surface area contributed by atoms with E-state index in [1.165, 1.54) is 12.8 Å². The molecule has 2 unspecified atom stereocenters. The van der Waals surface area contributed by atoms with Gasteiger partial charge in [0.1, 0.15) is 0 Å². The Morgan fingerprint density at radius 3 is 2.71 bits per heavy atom. The van der Waals surface area contributed by atoms with Gasteiger partial charge in [0.2, 0.25) is 0 Å². The molecule has 0 aliphatic carbocycles. The summed E-state index contributed by atoms with van der Waals surface area (Å²) in [6, 6.07) is 4.14. The minimum absolute atomic E-state index is 0.183. The molecule has 1 aromatic rings. The predicted octanol–water partition coefficient (Wildman–Crippen LogP) is 3.13. The van der Waals surface area contributed by atoms with Crippen molar-refractivity contribution >= 4 is 11.6 Å². The fourth-order valence-electron chi connectivity index (χ4n) is 2.49. The van der Waals surface area contributed by atoms with Crippen molar-refractivity contribution in [1.82, 2.24) is 5.32 Å². The summed E-state index contributed by atoms with van der Waals surface area (Å²) in [6.45, 7) is 4.99. The van der Waals surface area contributed by atoms with Crippen LogP contribution >= 0.6 is 11.6 Å².